The molecular weight excluding hydrogens is 352 g/mol. The lowest BCUT2D eigenvalue weighted by Gasteiger charge is -2.32. The van der Waals surface area contributed by atoms with E-state index in [2.05, 4.69) is 5.32 Å². The minimum Gasteiger partial charge on any atom is -0.478 e. The van der Waals surface area contributed by atoms with Crippen LogP contribution in [0.3, 0.4) is 0 Å². The van der Waals surface area contributed by atoms with Crippen LogP contribution in [-0.4, -0.2) is 46.9 Å². The number of carbonyl (C=O) groups excluding carboxylic acids is 2. The Hall–Kier alpha value is -2.67. The van der Waals surface area contributed by atoms with Crippen LogP contribution >= 0.6 is 11.3 Å². The number of thiophene rings is 1. The van der Waals surface area contributed by atoms with Crippen molar-refractivity contribution in [1.29, 1.82) is 0 Å². The van der Waals surface area contributed by atoms with Crippen molar-refractivity contribution in [2.75, 3.05) is 13.1 Å². The van der Waals surface area contributed by atoms with E-state index in [9.17, 15) is 14.4 Å². The summed E-state index contributed by atoms with van der Waals surface area (Å²) in [6.07, 6.45) is 1.36. The first-order chi connectivity index (χ1) is 12.4. The van der Waals surface area contributed by atoms with Crippen molar-refractivity contribution in [3.63, 3.8) is 0 Å². The summed E-state index contributed by atoms with van der Waals surface area (Å²) in [5, 5.41) is 15.8. The first-order valence-electron chi connectivity index (χ1n) is 8.41. The Balaban J connectivity index is 1.60. The van der Waals surface area contributed by atoms with Gasteiger partial charge in [0, 0.05) is 35.6 Å². The molecule has 2 heterocycles. The Morgan fingerprint density at radius 1 is 1.12 bits per heavy atom. The van der Waals surface area contributed by atoms with Crippen molar-refractivity contribution >= 4 is 29.1 Å². The minimum absolute atomic E-state index is 0.0403. The fraction of sp³-hybridized carbons (Fsp3) is 0.316. The standard InChI is InChI=1S/C19H20N2O4S/c1-12-8-14(10-15(9-12)19(24)25)18(23)21-5-2-16(3-6-21)20-17(22)13-4-7-26-11-13/h4,7-11,16H,2-3,5-6H2,1H3,(H,20,22)(H,24,25). The zero-order valence-corrected chi connectivity index (χ0v) is 15.2. The van der Waals surface area contributed by atoms with Gasteiger partial charge in [-0.25, -0.2) is 4.79 Å². The Kier molecular flexibility index (Phi) is 5.37. The number of carboxylic acids is 1. The van der Waals surface area contributed by atoms with Crippen LogP contribution in [0.25, 0.3) is 0 Å². The van der Waals surface area contributed by atoms with E-state index < -0.39 is 5.97 Å². The Labute approximate surface area is 155 Å². The SMILES string of the molecule is Cc1cc(C(=O)O)cc(C(=O)N2CCC(NC(=O)c3ccsc3)CC2)c1. The highest BCUT2D eigenvalue weighted by molar-refractivity contribution is 7.08. The molecule has 2 amide bonds. The molecule has 0 spiro atoms. The van der Waals surface area contributed by atoms with Gasteiger partial charge >= 0.3 is 5.97 Å². The van der Waals surface area contributed by atoms with Gasteiger partial charge in [-0.3, -0.25) is 9.59 Å². The van der Waals surface area contributed by atoms with E-state index in [4.69, 9.17) is 5.11 Å². The van der Waals surface area contributed by atoms with Crippen molar-refractivity contribution in [1.82, 2.24) is 10.2 Å². The van der Waals surface area contributed by atoms with Crippen LogP contribution in [-0.2, 0) is 0 Å². The van der Waals surface area contributed by atoms with E-state index in [-0.39, 0.29) is 23.4 Å². The third-order valence-electron chi connectivity index (χ3n) is 4.47. The van der Waals surface area contributed by atoms with Crippen molar-refractivity contribution in [2.45, 2.75) is 25.8 Å². The molecule has 1 aliphatic rings. The van der Waals surface area contributed by atoms with Gasteiger partial charge in [-0.1, -0.05) is 0 Å². The summed E-state index contributed by atoms with van der Waals surface area (Å²) in [5.74, 6) is -1.29. The molecule has 1 aliphatic heterocycles. The first-order valence-corrected chi connectivity index (χ1v) is 9.35. The lowest BCUT2D eigenvalue weighted by atomic mass is 10.0. The summed E-state index contributed by atoms with van der Waals surface area (Å²) in [5.41, 5.74) is 1.91. The maximum atomic E-state index is 12.7. The van der Waals surface area contributed by atoms with Crippen LogP contribution in [0.5, 0.6) is 0 Å². The molecule has 0 aliphatic carbocycles. The van der Waals surface area contributed by atoms with Crippen LogP contribution in [0.4, 0.5) is 0 Å². The van der Waals surface area contributed by atoms with E-state index in [1.165, 1.54) is 17.4 Å². The van der Waals surface area contributed by atoms with E-state index in [0.29, 0.717) is 37.1 Å². The summed E-state index contributed by atoms with van der Waals surface area (Å²) >= 11 is 1.48. The van der Waals surface area contributed by atoms with Gasteiger partial charge in [0.2, 0.25) is 0 Å². The van der Waals surface area contributed by atoms with Gasteiger partial charge in [0.15, 0.2) is 0 Å². The molecule has 1 aromatic carbocycles. The van der Waals surface area contributed by atoms with E-state index >= 15 is 0 Å². The Bertz CT molecular complexity index is 824. The van der Waals surface area contributed by atoms with Gasteiger partial charge in [0.05, 0.1) is 5.56 Å². The van der Waals surface area contributed by atoms with Crippen molar-refractivity contribution in [3.05, 3.63) is 57.3 Å². The van der Waals surface area contributed by atoms with Crippen molar-refractivity contribution < 1.29 is 19.5 Å². The fourth-order valence-corrected chi connectivity index (χ4v) is 3.74. The molecule has 0 saturated carbocycles. The zero-order chi connectivity index (χ0) is 18.7. The molecule has 136 valence electrons. The summed E-state index contributed by atoms with van der Waals surface area (Å²) < 4.78 is 0. The smallest absolute Gasteiger partial charge is 0.335 e. The molecule has 1 aromatic heterocycles. The van der Waals surface area contributed by atoms with Crippen LogP contribution in [0.2, 0.25) is 0 Å². The number of piperidine rings is 1. The largest absolute Gasteiger partial charge is 0.478 e. The lowest BCUT2D eigenvalue weighted by Crippen LogP contribution is -2.46. The highest BCUT2D eigenvalue weighted by Gasteiger charge is 2.25. The maximum absolute atomic E-state index is 12.7. The number of rotatable bonds is 4. The monoisotopic (exact) mass is 372 g/mol. The van der Waals surface area contributed by atoms with Crippen LogP contribution < -0.4 is 5.32 Å². The molecule has 0 radical (unpaired) electrons. The molecule has 0 atom stereocenters. The average Bonchev–Trinajstić information content (AvgIpc) is 3.16. The third-order valence-corrected chi connectivity index (χ3v) is 5.16. The van der Waals surface area contributed by atoms with Gasteiger partial charge in [0.25, 0.3) is 11.8 Å². The molecule has 1 saturated heterocycles. The van der Waals surface area contributed by atoms with Gasteiger partial charge in [-0.15, -0.1) is 0 Å². The van der Waals surface area contributed by atoms with E-state index in [0.717, 1.165) is 5.56 Å². The van der Waals surface area contributed by atoms with Crippen LogP contribution in [0.1, 0.15) is 49.5 Å². The number of amides is 2. The van der Waals surface area contributed by atoms with Crippen molar-refractivity contribution in [2.24, 2.45) is 0 Å². The molecule has 6 nitrogen and oxygen atoms in total. The number of hydrogen-bond donors (Lipinski definition) is 2. The average molecular weight is 372 g/mol. The predicted molar refractivity (Wildman–Crippen MR) is 98.8 cm³/mol. The van der Waals surface area contributed by atoms with E-state index in [1.807, 2.05) is 10.8 Å². The molecule has 26 heavy (non-hydrogen) atoms. The zero-order valence-electron chi connectivity index (χ0n) is 14.4. The number of carboxylic acid groups (broad SMARTS) is 1. The molecular formula is C19H20N2O4S. The quantitative estimate of drug-likeness (QED) is 0.864. The van der Waals surface area contributed by atoms with Gasteiger partial charge in [0.1, 0.15) is 0 Å². The Morgan fingerprint density at radius 2 is 1.81 bits per heavy atom. The summed E-state index contributed by atoms with van der Waals surface area (Å²) in [6.45, 7) is 2.84. The molecule has 3 rings (SSSR count). The lowest BCUT2D eigenvalue weighted by molar-refractivity contribution is 0.0695. The van der Waals surface area contributed by atoms with Crippen molar-refractivity contribution in [3.8, 4) is 0 Å². The topological polar surface area (TPSA) is 86.7 Å². The maximum Gasteiger partial charge on any atom is 0.335 e. The number of carbonyl (C=O) groups is 3. The normalized spacial score (nSPS) is 14.9. The first kappa shape index (κ1) is 18.1. The number of benzene rings is 1. The molecule has 0 bridgehead atoms. The molecule has 2 N–H and O–H groups in total. The highest BCUT2D eigenvalue weighted by Crippen LogP contribution is 2.17. The minimum atomic E-state index is -1.04. The highest BCUT2D eigenvalue weighted by atomic mass is 32.1. The molecule has 2 aromatic rings. The van der Waals surface area contributed by atoms with Gasteiger partial charge in [-0.2, -0.15) is 11.3 Å². The number of nitrogens with zero attached hydrogens (tertiary/aromatic N) is 1. The van der Waals surface area contributed by atoms with Crippen LogP contribution in [0, 0.1) is 6.92 Å². The predicted octanol–water partition coefficient (Wildman–Crippen LogP) is 2.79. The molecule has 1 fully saturated rings. The second-order valence-corrected chi connectivity index (χ2v) is 7.22. The third kappa shape index (κ3) is 4.11. The summed E-state index contributed by atoms with van der Waals surface area (Å²) in [4.78, 5) is 37.7. The summed E-state index contributed by atoms with van der Waals surface area (Å²) in [6, 6.07) is 6.50. The molecule has 7 heteroatoms. The van der Waals surface area contributed by atoms with Gasteiger partial charge < -0.3 is 15.3 Å². The summed E-state index contributed by atoms with van der Waals surface area (Å²) in [7, 11) is 0. The number of likely N-dealkylation sites (tertiary alicyclic amines) is 1. The van der Waals surface area contributed by atoms with E-state index in [1.54, 1.807) is 30.0 Å². The Morgan fingerprint density at radius 3 is 2.42 bits per heavy atom. The number of hydrogen-bond acceptors (Lipinski definition) is 4. The second kappa shape index (κ2) is 7.70. The number of aromatic carboxylic acids is 1. The van der Waals surface area contributed by atoms with Crippen LogP contribution in [0.15, 0.2) is 35.0 Å². The fourth-order valence-electron chi connectivity index (χ4n) is 3.10. The molecule has 0 unspecified atom stereocenters. The number of aryl methyl sites for hydroxylation is 1. The second-order valence-electron chi connectivity index (χ2n) is 6.44. The number of nitrogens with one attached hydrogen (secondary N) is 1. The van der Waals surface area contributed by atoms with Gasteiger partial charge in [-0.05, 0) is 55.0 Å².